The number of aromatic nitrogens is 4. The van der Waals surface area contributed by atoms with E-state index in [4.69, 9.17) is 9.84 Å². The molecule has 1 saturated heterocycles. The van der Waals surface area contributed by atoms with Crippen LogP contribution >= 0.6 is 0 Å². The van der Waals surface area contributed by atoms with Crippen LogP contribution in [0.5, 0.6) is 0 Å². The molecule has 1 amide bonds. The number of hydrogen-bond acceptors (Lipinski definition) is 7. The van der Waals surface area contributed by atoms with Gasteiger partial charge in [0, 0.05) is 6.92 Å². The normalized spacial score (nSPS) is 26.4. The van der Waals surface area contributed by atoms with Crippen LogP contribution in [-0.2, 0) is 15.7 Å². The van der Waals surface area contributed by atoms with Crippen molar-refractivity contribution >= 4 is 22.9 Å². The van der Waals surface area contributed by atoms with Crippen LogP contribution in [0.4, 0.5) is 23.4 Å². The van der Waals surface area contributed by atoms with Gasteiger partial charge in [-0.05, 0) is 0 Å². The van der Waals surface area contributed by atoms with E-state index in [0.29, 0.717) is 0 Å². The molecule has 3 rings (SSSR count). The zero-order valence-electron chi connectivity index (χ0n) is 13.1. The largest absolute Gasteiger partial charge is 0.451 e. The molecule has 0 saturated carbocycles. The smallest absolute Gasteiger partial charge is 0.394 e. The van der Waals surface area contributed by atoms with Crippen molar-refractivity contribution in [2.24, 2.45) is 0 Å². The van der Waals surface area contributed by atoms with E-state index in [1.807, 2.05) is 0 Å². The minimum atomic E-state index is -4.94. The Hall–Kier alpha value is -2.38. The summed E-state index contributed by atoms with van der Waals surface area (Å²) in [4.78, 5) is 21.6. The van der Waals surface area contributed by atoms with Gasteiger partial charge in [0.15, 0.2) is 29.4 Å². The van der Waals surface area contributed by atoms with E-state index < -0.39 is 60.6 Å². The molecule has 2 aromatic rings. The van der Waals surface area contributed by atoms with Gasteiger partial charge in [-0.15, -0.1) is 0 Å². The van der Waals surface area contributed by atoms with Crippen LogP contribution in [0.15, 0.2) is 6.33 Å². The van der Waals surface area contributed by atoms with Crippen molar-refractivity contribution in [2.45, 2.75) is 37.7 Å². The zero-order chi connectivity index (χ0) is 19.2. The summed E-state index contributed by atoms with van der Waals surface area (Å²) in [7, 11) is 0. The van der Waals surface area contributed by atoms with Crippen molar-refractivity contribution in [3.8, 4) is 0 Å². The molecular formula is C13H13F4N5O4. The van der Waals surface area contributed by atoms with Crippen LogP contribution < -0.4 is 5.32 Å². The number of hydrogen-bond donors (Lipinski definition) is 3. The van der Waals surface area contributed by atoms with E-state index >= 15 is 0 Å². The highest BCUT2D eigenvalue weighted by molar-refractivity contribution is 5.95. The molecule has 2 aromatic heterocycles. The summed E-state index contributed by atoms with van der Waals surface area (Å²) in [5, 5.41) is 20.9. The Morgan fingerprint density at radius 2 is 2.12 bits per heavy atom. The average molecular weight is 379 g/mol. The quantitative estimate of drug-likeness (QED) is 0.660. The van der Waals surface area contributed by atoms with Gasteiger partial charge in [-0.1, -0.05) is 0 Å². The fourth-order valence-corrected chi connectivity index (χ4v) is 2.56. The molecule has 13 heteroatoms. The lowest BCUT2D eigenvalue weighted by Gasteiger charge is -2.16. The van der Waals surface area contributed by atoms with Crippen LogP contribution in [0.2, 0.25) is 0 Å². The monoisotopic (exact) mass is 379 g/mol. The maximum absolute atomic E-state index is 14.3. The third-order valence-electron chi connectivity index (χ3n) is 3.72. The molecule has 4 atom stereocenters. The third-order valence-corrected chi connectivity index (χ3v) is 3.72. The minimum Gasteiger partial charge on any atom is -0.394 e. The van der Waals surface area contributed by atoms with E-state index in [-0.39, 0.29) is 5.52 Å². The SMILES string of the molecule is CC(=O)Nc1nc(C(F)(F)F)nc2c1ncn2[C@@H]1O[C@H](CO)C(O)C1F. The summed E-state index contributed by atoms with van der Waals surface area (Å²) in [6.45, 7) is 0.378. The number of amides is 1. The Kier molecular flexibility index (Phi) is 4.54. The zero-order valence-corrected chi connectivity index (χ0v) is 13.1. The Balaban J connectivity index is 2.15. The lowest BCUT2D eigenvalue weighted by Crippen LogP contribution is -2.30. The molecule has 0 aromatic carbocycles. The number of imidazole rings is 1. The van der Waals surface area contributed by atoms with Crippen LogP contribution in [-0.4, -0.2) is 60.6 Å². The van der Waals surface area contributed by atoms with E-state index in [2.05, 4.69) is 20.3 Å². The van der Waals surface area contributed by atoms with Crippen molar-refractivity contribution in [1.82, 2.24) is 19.5 Å². The summed E-state index contributed by atoms with van der Waals surface area (Å²) in [6.07, 6.45) is -10.5. The van der Waals surface area contributed by atoms with Crippen molar-refractivity contribution in [3.05, 3.63) is 12.2 Å². The van der Waals surface area contributed by atoms with Gasteiger partial charge in [-0.25, -0.2) is 19.3 Å². The van der Waals surface area contributed by atoms with Crippen LogP contribution in [0, 0.1) is 0 Å². The Morgan fingerprint density at radius 3 is 2.65 bits per heavy atom. The van der Waals surface area contributed by atoms with Gasteiger partial charge in [0.25, 0.3) is 0 Å². The van der Waals surface area contributed by atoms with E-state index in [0.717, 1.165) is 17.8 Å². The molecule has 26 heavy (non-hydrogen) atoms. The number of ether oxygens (including phenoxy) is 1. The Labute approximate surface area is 142 Å². The topological polar surface area (TPSA) is 122 Å². The van der Waals surface area contributed by atoms with E-state index in [1.54, 1.807) is 0 Å². The molecule has 3 heterocycles. The standard InChI is InChI=1S/C13H13F4N5O4/c1-4(24)19-9-7-10(21-12(20-9)13(15,16)17)22(3-18-7)11-6(14)8(25)5(2-23)26-11/h3,5-6,8,11,23,25H,2H2,1H3,(H,19,20,21,24)/t5-,6?,8?,11-/m1/s1. The fourth-order valence-electron chi connectivity index (χ4n) is 2.56. The first-order valence-corrected chi connectivity index (χ1v) is 7.31. The summed E-state index contributed by atoms with van der Waals surface area (Å²) >= 11 is 0. The number of nitrogens with zero attached hydrogens (tertiary/aromatic N) is 4. The first kappa shape index (κ1) is 18.4. The number of aliphatic hydroxyl groups excluding tert-OH is 2. The maximum Gasteiger partial charge on any atom is 0.451 e. The number of aliphatic hydroxyl groups is 2. The highest BCUT2D eigenvalue weighted by atomic mass is 19.4. The number of halogens is 4. The predicted octanol–water partition coefficient (Wildman–Crippen LogP) is 0.392. The molecule has 2 unspecified atom stereocenters. The second-order valence-electron chi connectivity index (χ2n) is 5.58. The lowest BCUT2D eigenvalue weighted by atomic mass is 10.1. The number of fused-ring (bicyclic) bond motifs is 1. The van der Waals surface area contributed by atoms with Crippen LogP contribution in [0.3, 0.4) is 0 Å². The van der Waals surface area contributed by atoms with E-state index in [1.165, 1.54) is 0 Å². The maximum atomic E-state index is 14.3. The number of rotatable bonds is 3. The van der Waals surface area contributed by atoms with Gasteiger partial charge in [-0.2, -0.15) is 13.2 Å². The molecule has 0 radical (unpaired) electrons. The molecular weight excluding hydrogens is 366 g/mol. The molecule has 1 aliphatic rings. The molecule has 0 aliphatic carbocycles. The third kappa shape index (κ3) is 3.08. The first-order chi connectivity index (χ1) is 12.1. The van der Waals surface area contributed by atoms with E-state index in [9.17, 15) is 27.5 Å². The van der Waals surface area contributed by atoms with Crippen LogP contribution in [0.25, 0.3) is 11.2 Å². The molecule has 1 fully saturated rings. The van der Waals surface area contributed by atoms with Crippen molar-refractivity contribution in [2.75, 3.05) is 11.9 Å². The second kappa shape index (κ2) is 6.41. The number of nitrogens with one attached hydrogen (secondary N) is 1. The van der Waals surface area contributed by atoms with Crippen molar-refractivity contribution in [1.29, 1.82) is 0 Å². The highest BCUT2D eigenvalue weighted by Gasteiger charge is 2.46. The predicted molar refractivity (Wildman–Crippen MR) is 76.5 cm³/mol. The average Bonchev–Trinajstić information content (AvgIpc) is 3.08. The minimum absolute atomic E-state index is 0.217. The molecule has 9 nitrogen and oxygen atoms in total. The Bertz CT molecular complexity index is 842. The van der Waals surface area contributed by atoms with Crippen LogP contribution in [0.1, 0.15) is 19.0 Å². The molecule has 3 N–H and O–H groups in total. The number of carbonyl (C=O) groups excluding carboxylic acids is 1. The number of alkyl halides is 4. The second-order valence-corrected chi connectivity index (χ2v) is 5.58. The molecule has 1 aliphatic heterocycles. The van der Waals surface area contributed by atoms with Gasteiger partial charge < -0.3 is 20.3 Å². The van der Waals surface area contributed by atoms with Crippen molar-refractivity contribution in [3.63, 3.8) is 0 Å². The highest BCUT2D eigenvalue weighted by Crippen LogP contribution is 2.35. The van der Waals surface area contributed by atoms with Gasteiger partial charge in [0.1, 0.15) is 12.2 Å². The lowest BCUT2D eigenvalue weighted by molar-refractivity contribution is -0.144. The Morgan fingerprint density at radius 1 is 1.42 bits per heavy atom. The van der Waals surface area contributed by atoms with Crippen molar-refractivity contribution < 1.29 is 37.3 Å². The van der Waals surface area contributed by atoms with Gasteiger partial charge in [0.05, 0.1) is 12.9 Å². The van der Waals surface area contributed by atoms with Gasteiger partial charge in [-0.3, -0.25) is 9.36 Å². The number of carbonyl (C=O) groups is 1. The summed E-state index contributed by atoms with van der Waals surface area (Å²) in [6, 6.07) is 0. The van der Waals surface area contributed by atoms with Gasteiger partial charge in [0.2, 0.25) is 11.7 Å². The number of anilines is 1. The summed E-state index contributed by atoms with van der Waals surface area (Å²) in [5.74, 6) is -2.76. The first-order valence-electron chi connectivity index (χ1n) is 7.31. The summed E-state index contributed by atoms with van der Waals surface area (Å²) in [5.41, 5.74) is -0.666. The molecule has 142 valence electrons. The van der Waals surface area contributed by atoms with Gasteiger partial charge >= 0.3 is 6.18 Å². The molecule has 0 spiro atoms. The fraction of sp³-hybridized carbons (Fsp3) is 0.538. The summed E-state index contributed by atoms with van der Waals surface area (Å²) < 4.78 is 59.5. The molecule has 0 bridgehead atoms.